The number of ether oxygens (including phenoxy) is 2. The van der Waals surface area contributed by atoms with Crippen LogP contribution in [0.4, 0.5) is 0 Å². The van der Waals surface area contributed by atoms with E-state index in [4.69, 9.17) is 9.47 Å². The first-order chi connectivity index (χ1) is 6.33. The molecule has 1 spiro atoms. The molecule has 0 N–H and O–H groups in total. The van der Waals surface area contributed by atoms with E-state index in [-0.39, 0.29) is 5.79 Å². The van der Waals surface area contributed by atoms with E-state index in [2.05, 4.69) is 13.8 Å². The fourth-order valence-corrected chi connectivity index (χ4v) is 1.88. The molecule has 78 valence electrons. The van der Waals surface area contributed by atoms with Crippen LogP contribution in [0, 0.1) is 0 Å². The Balaban J connectivity index is 0.000000251. The van der Waals surface area contributed by atoms with E-state index >= 15 is 0 Å². The van der Waals surface area contributed by atoms with Gasteiger partial charge in [-0.2, -0.15) is 0 Å². The zero-order valence-corrected chi connectivity index (χ0v) is 8.97. The molecule has 1 saturated heterocycles. The Kier molecular flexibility index (Phi) is 4.74. The Hall–Kier alpha value is -0.0800. The third kappa shape index (κ3) is 3.28. The lowest BCUT2D eigenvalue weighted by atomic mass is 9.94. The van der Waals surface area contributed by atoms with Crippen molar-refractivity contribution in [2.75, 3.05) is 13.2 Å². The van der Waals surface area contributed by atoms with Gasteiger partial charge in [-0.15, -0.1) is 0 Å². The zero-order chi connectivity index (χ0) is 9.57. The Morgan fingerprint density at radius 3 is 1.85 bits per heavy atom. The van der Waals surface area contributed by atoms with Gasteiger partial charge in [0.1, 0.15) is 0 Å². The summed E-state index contributed by atoms with van der Waals surface area (Å²) in [6, 6.07) is 0. The Morgan fingerprint density at radius 1 is 0.923 bits per heavy atom. The summed E-state index contributed by atoms with van der Waals surface area (Å²) in [6.45, 7) is 5.86. The molecule has 2 fully saturated rings. The maximum absolute atomic E-state index is 5.56. The van der Waals surface area contributed by atoms with Crippen molar-refractivity contribution in [1.82, 2.24) is 0 Å². The normalized spacial score (nSPS) is 25.4. The van der Waals surface area contributed by atoms with E-state index in [1.807, 2.05) is 0 Å². The van der Waals surface area contributed by atoms with Gasteiger partial charge >= 0.3 is 0 Å². The summed E-state index contributed by atoms with van der Waals surface area (Å²) >= 11 is 0. The summed E-state index contributed by atoms with van der Waals surface area (Å²) in [5, 5.41) is 0. The van der Waals surface area contributed by atoms with Crippen molar-refractivity contribution >= 4 is 0 Å². The van der Waals surface area contributed by atoms with Crippen molar-refractivity contribution in [2.24, 2.45) is 0 Å². The van der Waals surface area contributed by atoms with Crippen molar-refractivity contribution in [3.8, 4) is 0 Å². The minimum atomic E-state index is -0.127. The Bertz CT molecular complexity index is 120. The van der Waals surface area contributed by atoms with Crippen LogP contribution in [0.2, 0.25) is 0 Å². The van der Waals surface area contributed by atoms with Gasteiger partial charge in [0.2, 0.25) is 0 Å². The largest absolute Gasteiger partial charge is 0.348 e. The lowest BCUT2D eigenvalue weighted by Crippen LogP contribution is -2.32. The molecule has 0 aromatic rings. The fourth-order valence-electron chi connectivity index (χ4n) is 1.88. The van der Waals surface area contributed by atoms with Crippen LogP contribution in [-0.4, -0.2) is 19.0 Å². The van der Waals surface area contributed by atoms with E-state index in [1.165, 1.54) is 25.7 Å². The van der Waals surface area contributed by atoms with Crippen molar-refractivity contribution in [3.63, 3.8) is 0 Å². The van der Waals surface area contributed by atoms with Crippen molar-refractivity contribution in [2.45, 2.75) is 58.2 Å². The second-order valence-corrected chi connectivity index (χ2v) is 3.88. The van der Waals surface area contributed by atoms with E-state index in [0.29, 0.717) is 0 Å². The van der Waals surface area contributed by atoms with Crippen LogP contribution in [0.15, 0.2) is 0 Å². The van der Waals surface area contributed by atoms with Crippen molar-refractivity contribution < 1.29 is 9.47 Å². The SMILES string of the molecule is C1CCC2(CC1)OCCO2.CCC. The zero-order valence-electron chi connectivity index (χ0n) is 8.97. The maximum atomic E-state index is 5.56. The molecule has 0 radical (unpaired) electrons. The molecule has 0 atom stereocenters. The van der Waals surface area contributed by atoms with Crippen LogP contribution in [0.1, 0.15) is 52.4 Å². The molecule has 2 rings (SSSR count). The molecule has 0 bridgehead atoms. The monoisotopic (exact) mass is 186 g/mol. The molecule has 1 aliphatic carbocycles. The van der Waals surface area contributed by atoms with Crippen LogP contribution in [0.25, 0.3) is 0 Å². The van der Waals surface area contributed by atoms with Crippen LogP contribution in [-0.2, 0) is 9.47 Å². The first kappa shape index (κ1) is 11.0. The standard InChI is InChI=1S/C8H14O2.C3H8/c1-2-4-8(5-3-1)9-6-7-10-8;1-3-2/h1-7H2;3H2,1-2H3. The molecule has 13 heavy (non-hydrogen) atoms. The molecular formula is C11H22O2. The maximum Gasteiger partial charge on any atom is 0.168 e. The second-order valence-electron chi connectivity index (χ2n) is 3.88. The highest BCUT2D eigenvalue weighted by atomic mass is 16.7. The smallest absolute Gasteiger partial charge is 0.168 e. The molecule has 1 saturated carbocycles. The van der Waals surface area contributed by atoms with E-state index in [0.717, 1.165) is 26.1 Å². The molecule has 0 aromatic heterocycles. The highest BCUT2D eigenvalue weighted by Gasteiger charge is 2.37. The van der Waals surface area contributed by atoms with E-state index in [1.54, 1.807) is 0 Å². The highest BCUT2D eigenvalue weighted by Crippen LogP contribution is 2.35. The molecule has 0 amide bonds. The lowest BCUT2D eigenvalue weighted by Gasteiger charge is -2.30. The summed E-state index contributed by atoms with van der Waals surface area (Å²) in [7, 11) is 0. The molecule has 1 aliphatic heterocycles. The van der Waals surface area contributed by atoms with Gasteiger partial charge in [0.25, 0.3) is 0 Å². The Labute approximate surface area is 81.6 Å². The topological polar surface area (TPSA) is 18.5 Å². The summed E-state index contributed by atoms with van der Waals surface area (Å²) in [6.07, 6.45) is 7.40. The minimum absolute atomic E-state index is 0.127. The molecule has 1 heterocycles. The van der Waals surface area contributed by atoms with Gasteiger partial charge in [0.05, 0.1) is 13.2 Å². The van der Waals surface area contributed by atoms with Crippen LogP contribution in [0.3, 0.4) is 0 Å². The summed E-state index contributed by atoms with van der Waals surface area (Å²) in [4.78, 5) is 0. The first-order valence-corrected chi connectivity index (χ1v) is 5.61. The lowest BCUT2D eigenvalue weighted by molar-refractivity contribution is -0.176. The third-order valence-electron chi connectivity index (χ3n) is 2.43. The molecule has 0 aromatic carbocycles. The molecular weight excluding hydrogens is 164 g/mol. The third-order valence-corrected chi connectivity index (χ3v) is 2.43. The molecule has 2 nitrogen and oxygen atoms in total. The number of hydrogen-bond donors (Lipinski definition) is 0. The van der Waals surface area contributed by atoms with E-state index in [9.17, 15) is 0 Å². The highest BCUT2D eigenvalue weighted by molar-refractivity contribution is 4.77. The minimum Gasteiger partial charge on any atom is -0.348 e. The predicted octanol–water partition coefficient (Wildman–Crippen LogP) is 3.11. The molecule has 0 unspecified atom stereocenters. The van der Waals surface area contributed by atoms with Crippen LogP contribution in [0.5, 0.6) is 0 Å². The second kappa shape index (κ2) is 5.61. The van der Waals surface area contributed by atoms with Gasteiger partial charge in [0, 0.05) is 12.8 Å². The predicted molar refractivity (Wildman–Crippen MR) is 53.7 cm³/mol. The van der Waals surface area contributed by atoms with Gasteiger partial charge in [-0.05, 0) is 12.8 Å². The van der Waals surface area contributed by atoms with E-state index < -0.39 is 0 Å². The Morgan fingerprint density at radius 2 is 1.38 bits per heavy atom. The van der Waals surface area contributed by atoms with Gasteiger partial charge in [-0.3, -0.25) is 0 Å². The number of hydrogen-bond acceptors (Lipinski definition) is 2. The average Bonchev–Trinajstić information content (AvgIpc) is 2.56. The summed E-state index contributed by atoms with van der Waals surface area (Å²) in [5.74, 6) is -0.127. The van der Waals surface area contributed by atoms with Crippen molar-refractivity contribution in [3.05, 3.63) is 0 Å². The fraction of sp³-hybridized carbons (Fsp3) is 1.00. The molecule has 2 aliphatic rings. The van der Waals surface area contributed by atoms with Gasteiger partial charge in [-0.25, -0.2) is 0 Å². The van der Waals surface area contributed by atoms with Crippen LogP contribution < -0.4 is 0 Å². The number of rotatable bonds is 0. The summed E-state index contributed by atoms with van der Waals surface area (Å²) in [5.41, 5.74) is 0. The average molecular weight is 186 g/mol. The van der Waals surface area contributed by atoms with Crippen LogP contribution >= 0.6 is 0 Å². The van der Waals surface area contributed by atoms with Gasteiger partial charge < -0.3 is 9.47 Å². The first-order valence-electron chi connectivity index (χ1n) is 5.61. The summed E-state index contributed by atoms with van der Waals surface area (Å²) < 4.78 is 11.1. The van der Waals surface area contributed by atoms with Gasteiger partial charge in [-0.1, -0.05) is 26.7 Å². The molecule has 2 heteroatoms. The van der Waals surface area contributed by atoms with Crippen molar-refractivity contribution in [1.29, 1.82) is 0 Å². The van der Waals surface area contributed by atoms with Gasteiger partial charge in [0.15, 0.2) is 5.79 Å². The quantitative estimate of drug-likeness (QED) is 0.578.